The summed E-state index contributed by atoms with van der Waals surface area (Å²) in [4.78, 5) is 8.95. The number of anilines is 3. The quantitative estimate of drug-likeness (QED) is 0.467. The van der Waals surface area contributed by atoms with Crippen LogP contribution in [-0.4, -0.2) is 16.6 Å². The topological polar surface area (TPSA) is 110 Å². The number of rotatable bonds is 6. The molecule has 4 aromatic rings. The van der Waals surface area contributed by atoms with E-state index < -0.39 is 0 Å². The minimum absolute atomic E-state index is 0.219. The number of pyridine rings is 1. The van der Waals surface area contributed by atoms with Gasteiger partial charge in [0, 0.05) is 17.3 Å². The molecule has 0 amide bonds. The molecule has 0 radical (unpaired) electrons. The van der Waals surface area contributed by atoms with Gasteiger partial charge in [-0.25, -0.2) is 4.98 Å². The zero-order chi connectivity index (χ0) is 21.1. The van der Waals surface area contributed by atoms with Crippen molar-refractivity contribution in [3.63, 3.8) is 0 Å². The van der Waals surface area contributed by atoms with Crippen molar-refractivity contribution in [3.05, 3.63) is 59.7 Å². The lowest BCUT2D eigenvalue weighted by molar-refractivity contribution is 0.326. The van der Waals surface area contributed by atoms with Crippen LogP contribution in [0.5, 0.6) is 5.88 Å². The van der Waals surface area contributed by atoms with E-state index in [0.29, 0.717) is 24.0 Å². The van der Waals surface area contributed by atoms with E-state index in [9.17, 15) is 5.26 Å². The number of aryl methyl sites for hydroxylation is 1. The number of hydrogen-bond donors (Lipinski definition) is 2. The van der Waals surface area contributed by atoms with Crippen molar-refractivity contribution < 1.29 is 9.15 Å². The van der Waals surface area contributed by atoms with Crippen LogP contribution in [-0.2, 0) is 6.42 Å². The molecule has 3 N–H and O–H groups in total. The van der Waals surface area contributed by atoms with E-state index in [2.05, 4.69) is 34.3 Å². The SMILES string of the molecule is CCOc1nc(Nc2ccc(-c3nc4cc(CC)ccc4o3)cc2)cc(N)c1C#N. The molecule has 0 spiro atoms. The summed E-state index contributed by atoms with van der Waals surface area (Å²) in [6, 6.07) is 17.3. The zero-order valence-corrected chi connectivity index (χ0v) is 16.8. The number of ether oxygens (including phenoxy) is 1. The number of nitrogens with one attached hydrogen (secondary N) is 1. The Balaban J connectivity index is 1.58. The number of nitriles is 1. The van der Waals surface area contributed by atoms with Gasteiger partial charge in [-0.3, -0.25) is 0 Å². The number of fused-ring (bicyclic) bond motifs is 1. The van der Waals surface area contributed by atoms with E-state index in [4.69, 9.17) is 14.9 Å². The zero-order valence-electron chi connectivity index (χ0n) is 16.8. The molecule has 30 heavy (non-hydrogen) atoms. The van der Waals surface area contributed by atoms with Gasteiger partial charge in [-0.2, -0.15) is 10.2 Å². The first kappa shape index (κ1) is 19.3. The van der Waals surface area contributed by atoms with Gasteiger partial charge in [-0.1, -0.05) is 13.0 Å². The lowest BCUT2D eigenvalue weighted by Crippen LogP contribution is -2.04. The summed E-state index contributed by atoms with van der Waals surface area (Å²) in [6.45, 7) is 4.33. The van der Waals surface area contributed by atoms with Crippen molar-refractivity contribution in [2.24, 2.45) is 0 Å². The number of oxazole rings is 1. The van der Waals surface area contributed by atoms with Gasteiger partial charge in [0.05, 0.1) is 12.3 Å². The van der Waals surface area contributed by atoms with Gasteiger partial charge in [0.2, 0.25) is 11.8 Å². The summed E-state index contributed by atoms with van der Waals surface area (Å²) < 4.78 is 11.3. The van der Waals surface area contributed by atoms with Gasteiger partial charge < -0.3 is 20.2 Å². The Kier molecular flexibility index (Phi) is 5.22. The molecule has 0 saturated heterocycles. The first-order chi connectivity index (χ1) is 14.6. The number of nitrogens with zero attached hydrogens (tertiary/aromatic N) is 3. The molecule has 0 aliphatic carbocycles. The summed E-state index contributed by atoms with van der Waals surface area (Å²) >= 11 is 0. The van der Waals surface area contributed by atoms with E-state index in [1.54, 1.807) is 6.07 Å². The standard InChI is InChI=1S/C23H21N5O2/c1-3-14-5-10-20-19(11-14)27-22(30-20)15-6-8-16(9-7-15)26-21-12-18(25)17(13-24)23(28-21)29-4-2/h5-12H,3-4H2,1-2H3,(H3,25,26,28). The van der Waals surface area contributed by atoms with Crippen LogP contribution < -0.4 is 15.8 Å². The molecule has 2 heterocycles. The van der Waals surface area contributed by atoms with E-state index >= 15 is 0 Å². The van der Waals surface area contributed by atoms with Gasteiger partial charge in [0.1, 0.15) is 23.0 Å². The summed E-state index contributed by atoms with van der Waals surface area (Å²) in [5, 5.41) is 12.4. The minimum Gasteiger partial charge on any atom is -0.477 e. The van der Waals surface area contributed by atoms with Crippen molar-refractivity contribution in [2.45, 2.75) is 20.3 Å². The second-order valence-electron chi connectivity index (χ2n) is 6.70. The molecular weight excluding hydrogens is 378 g/mol. The fourth-order valence-corrected chi connectivity index (χ4v) is 3.12. The van der Waals surface area contributed by atoms with Crippen LogP contribution >= 0.6 is 0 Å². The first-order valence-corrected chi connectivity index (χ1v) is 9.71. The smallest absolute Gasteiger partial charge is 0.235 e. The Morgan fingerprint density at radius 1 is 1.10 bits per heavy atom. The number of nitrogen functional groups attached to an aromatic ring is 1. The number of benzene rings is 2. The first-order valence-electron chi connectivity index (χ1n) is 9.71. The van der Waals surface area contributed by atoms with Gasteiger partial charge in [-0.05, 0) is 55.3 Å². The van der Waals surface area contributed by atoms with Gasteiger partial charge in [-0.15, -0.1) is 0 Å². The molecule has 150 valence electrons. The maximum atomic E-state index is 9.24. The van der Waals surface area contributed by atoms with Crippen LogP contribution in [0.4, 0.5) is 17.2 Å². The van der Waals surface area contributed by atoms with E-state index in [-0.39, 0.29) is 11.4 Å². The molecule has 0 unspecified atom stereocenters. The number of aromatic nitrogens is 2. The highest BCUT2D eigenvalue weighted by molar-refractivity contribution is 5.77. The van der Waals surface area contributed by atoms with Crippen molar-refractivity contribution in [1.29, 1.82) is 5.26 Å². The summed E-state index contributed by atoms with van der Waals surface area (Å²) in [5.74, 6) is 1.29. The normalized spacial score (nSPS) is 10.7. The van der Waals surface area contributed by atoms with E-state index in [1.807, 2.05) is 43.3 Å². The van der Waals surface area contributed by atoms with Gasteiger partial charge in [0.15, 0.2) is 5.58 Å². The van der Waals surface area contributed by atoms with E-state index in [1.165, 1.54) is 5.56 Å². The molecule has 2 aromatic heterocycles. The van der Waals surface area contributed by atoms with Crippen molar-refractivity contribution in [2.75, 3.05) is 17.7 Å². The summed E-state index contributed by atoms with van der Waals surface area (Å²) in [6.07, 6.45) is 0.956. The summed E-state index contributed by atoms with van der Waals surface area (Å²) in [5.41, 5.74) is 11.0. The molecule has 0 saturated carbocycles. The molecule has 4 rings (SSSR count). The molecule has 7 nitrogen and oxygen atoms in total. The maximum Gasteiger partial charge on any atom is 0.235 e. The van der Waals surface area contributed by atoms with Crippen LogP contribution in [0.15, 0.2) is 52.9 Å². The molecule has 7 heteroatoms. The fourth-order valence-electron chi connectivity index (χ4n) is 3.12. The monoisotopic (exact) mass is 399 g/mol. The Labute approximate surface area is 174 Å². The van der Waals surface area contributed by atoms with Gasteiger partial charge in [0.25, 0.3) is 0 Å². The Morgan fingerprint density at radius 2 is 1.90 bits per heavy atom. The Morgan fingerprint density at radius 3 is 2.60 bits per heavy atom. The number of nitrogens with two attached hydrogens (primary N) is 1. The van der Waals surface area contributed by atoms with Crippen LogP contribution in [0.2, 0.25) is 0 Å². The second kappa shape index (κ2) is 8.13. The van der Waals surface area contributed by atoms with Gasteiger partial charge >= 0.3 is 0 Å². The van der Waals surface area contributed by atoms with Crippen molar-refractivity contribution in [1.82, 2.24) is 9.97 Å². The molecule has 0 bridgehead atoms. The lowest BCUT2D eigenvalue weighted by atomic mass is 10.1. The molecule has 0 aliphatic rings. The van der Waals surface area contributed by atoms with Crippen LogP contribution in [0.3, 0.4) is 0 Å². The fraction of sp³-hybridized carbons (Fsp3) is 0.174. The highest BCUT2D eigenvalue weighted by Crippen LogP contribution is 2.29. The third kappa shape index (κ3) is 3.76. The predicted octanol–water partition coefficient (Wildman–Crippen LogP) is 5.05. The largest absolute Gasteiger partial charge is 0.477 e. The molecule has 0 atom stereocenters. The van der Waals surface area contributed by atoms with Crippen LogP contribution in [0.1, 0.15) is 25.0 Å². The molecule has 0 fully saturated rings. The third-order valence-corrected chi connectivity index (χ3v) is 4.67. The average molecular weight is 399 g/mol. The molecule has 0 aliphatic heterocycles. The number of hydrogen-bond acceptors (Lipinski definition) is 7. The summed E-state index contributed by atoms with van der Waals surface area (Å²) in [7, 11) is 0. The highest BCUT2D eigenvalue weighted by atomic mass is 16.5. The molecular formula is C23H21N5O2. The average Bonchev–Trinajstić information content (AvgIpc) is 3.17. The minimum atomic E-state index is 0.219. The predicted molar refractivity (Wildman–Crippen MR) is 117 cm³/mol. The van der Waals surface area contributed by atoms with Crippen molar-refractivity contribution >= 4 is 28.3 Å². The maximum absolute atomic E-state index is 9.24. The van der Waals surface area contributed by atoms with Crippen molar-refractivity contribution in [3.8, 4) is 23.4 Å². The van der Waals surface area contributed by atoms with Crippen LogP contribution in [0.25, 0.3) is 22.6 Å². The lowest BCUT2D eigenvalue weighted by Gasteiger charge is -2.11. The Hall–Kier alpha value is -4.05. The van der Waals surface area contributed by atoms with E-state index in [0.717, 1.165) is 28.8 Å². The second-order valence-corrected chi connectivity index (χ2v) is 6.70. The highest BCUT2D eigenvalue weighted by Gasteiger charge is 2.13. The van der Waals surface area contributed by atoms with Crippen LogP contribution in [0, 0.1) is 11.3 Å². The molecule has 2 aromatic carbocycles. The third-order valence-electron chi connectivity index (χ3n) is 4.67. The Bertz CT molecular complexity index is 1240.